The van der Waals surface area contributed by atoms with Gasteiger partial charge in [-0.15, -0.1) is 0 Å². The van der Waals surface area contributed by atoms with Crippen LogP contribution in [0.1, 0.15) is 48.5 Å². The van der Waals surface area contributed by atoms with Gasteiger partial charge in [-0.25, -0.2) is 0 Å². The number of methoxy groups -OCH3 is 1. The van der Waals surface area contributed by atoms with Crippen LogP contribution in [-0.2, 0) is 4.79 Å². The van der Waals surface area contributed by atoms with Crippen LogP contribution in [0.2, 0.25) is 0 Å². The summed E-state index contributed by atoms with van der Waals surface area (Å²) in [5.41, 5.74) is 2.21. The van der Waals surface area contributed by atoms with Crippen molar-refractivity contribution < 1.29 is 14.3 Å². The van der Waals surface area contributed by atoms with Crippen LogP contribution in [0.5, 0.6) is 5.75 Å². The summed E-state index contributed by atoms with van der Waals surface area (Å²) in [5.74, 6) is 1.06. The third-order valence-corrected chi connectivity index (χ3v) is 7.25. The molecule has 1 heterocycles. The van der Waals surface area contributed by atoms with Crippen molar-refractivity contribution in [3.63, 3.8) is 0 Å². The molecule has 0 spiro atoms. The van der Waals surface area contributed by atoms with Crippen LogP contribution in [0.3, 0.4) is 0 Å². The van der Waals surface area contributed by atoms with E-state index in [1.54, 1.807) is 19.1 Å². The first-order valence-corrected chi connectivity index (χ1v) is 11.5. The number of thioether (sulfide) groups is 1. The van der Waals surface area contributed by atoms with E-state index in [2.05, 4.69) is 12.2 Å². The standard InChI is InChI=1S/C25H28N2O3S/c1-16-8-4-6-10-19(16)26-24(28)18-12-13-22-20(14-18)27(2)25(29)23(31-22)15-17-9-5-7-11-21(17)30-3/h5,7,9,11-16,19H,4,6,8,10H2,1-3H3,(H,26,28)/b23-15+. The lowest BCUT2D eigenvalue weighted by Crippen LogP contribution is -2.41. The van der Waals surface area contributed by atoms with Crippen molar-refractivity contribution in [2.45, 2.75) is 43.5 Å². The first-order chi connectivity index (χ1) is 15.0. The van der Waals surface area contributed by atoms with Crippen LogP contribution in [0.25, 0.3) is 6.08 Å². The number of anilines is 1. The molecule has 0 aromatic heterocycles. The van der Waals surface area contributed by atoms with Gasteiger partial charge in [0.25, 0.3) is 11.8 Å². The van der Waals surface area contributed by atoms with Gasteiger partial charge in [-0.3, -0.25) is 9.59 Å². The molecule has 1 aliphatic carbocycles. The van der Waals surface area contributed by atoms with Crippen molar-refractivity contribution in [2.75, 3.05) is 19.1 Å². The molecule has 1 saturated carbocycles. The fourth-order valence-corrected chi connectivity index (χ4v) is 5.33. The molecule has 4 rings (SSSR count). The molecule has 1 N–H and O–H groups in total. The van der Waals surface area contributed by atoms with E-state index in [0.29, 0.717) is 16.4 Å². The van der Waals surface area contributed by atoms with Crippen LogP contribution in [0.4, 0.5) is 5.69 Å². The van der Waals surface area contributed by atoms with Gasteiger partial charge in [0.15, 0.2) is 0 Å². The molecule has 2 aromatic carbocycles. The van der Waals surface area contributed by atoms with E-state index in [4.69, 9.17) is 4.74 Å². The number of amides is 2. The summed E-state index contributed by atoms with van der Waals surface area (Å²) in [4.78, 5) is 29.1. The van der Waals surface area contributed by atoms with E-state index in [1.807, 2.05) is 48.5 Å². The Labute approximate surface area is 187 Å². The van der Waals surface area contributed by atoms with Crippen LogP contribution < -0.4 is 15.0 Å². The lowest BCUT2D eigenvalue weighted by Gasteiger charge is -2.30. The Bertz CT molecular complexity index is 1030. The number of hydrogen-bond acceptors (Lipinski definition) is 4. The number of para-hydroxylation sites is 1. The van der Waals surface area contributed by atoms with Crippen LogP contribution in [0.15, 0.2) is 52.3 Å². The van der Waals surface area contributed by atoms with Gasteiger partial charge in [0.2, 0.25) is 0 Å². The monoisotopic (exact) mass is 436 g/mol. The van der Waals surface area contributed by atoms with Gasteiger partial charge in [0.05, 0.1) is 17.7 Å². The van der Waals surface area contributed by atoms with E-state index in [1.165, 1.54) is 18.2 Å². The number of nitrogens with zero attached hydrogens (tertiary/aromatic N) is 1. The molecule has 0 bridgehead atoms. The van der Waals surface area contributed by atoms with Gasteiger partial charge in [0, 0.05) is 29.1 Å². The number of rotatable bonds is 4. The maximum Gasteiger partial charge on any atom is 0.264 e. The van der Waals surface area contributed by atoms with Crippen molar-refractivity contribution in [2.24, 2.45) is 5.92 Å². The van der Waals surface area contributed by atoms with E-state index in [9.17, 15) is 9.59 Å². The summed E-state index contributed by atoms with van der Waals surface area (Å²) >= 11 is 1.42. The fourth-order valence-electron chi connectivity index (χ4n) is 4.24. The molecule has 2 unspecified atom stereocenters. The van der Waals surface area contributed by atoms with E-state index < -0.39 is 0 Å². The van der Waals surface area contributed by atoms with E-state index in [-0.39, 0.29) is 17.9 Å². The molecule has 6 heteroatoms. The third kappa shape index (κ3) is 4.49. The Hall–Kier alpha value is -2.73. The number of hydrogen-bond donors (Lipinski definition) is 1. The van der Waals surface area contributed by atoms with E-state index >= 15 is 0 Å². The molecule has 31 heavy (non-hydrogen) atoms. The largest absolute Gasteiger partial charge is 0.496 e. The SMILES string of the molecule is COc1ccccc1/C=C1/Sc2ccc(C(=O)NC3CCCCC3C)cc2N(C)C1=O. The number of ether oxygens (including phenoxy) is 1. The normalized spacial score (nSPS) is 22.2. The quantitative estimate of drug-likeness (QED) is 0.677. The molecular formula is C25H28N2O3S. The molecule has 1 fully saturated rings. The smallest absolute Gasteiger partial charge is 0.264 e. The number of carbonyl (C=O) groups excluding carboxylic acids is 2. The van der Waals surface area contributed by atoms with Gasteiger partial charge in [-0.05, 0) is 49.1 Å². The Morgan fingerprint density at radius 2 is 1.97 bits per heavy atom. The molecule has 2 amide bonds. The Morgan fingerprint density at radius 1 is 1.19 bits per heavy atom. The molecule has 162 valence electrons. The molecule has 0 radical (unpaired) electrons. The maximum absolute atomic E-state index is 13.0. The summed E-state index contributed by atoms with van der Waals surface area (Å²) in [6, 6.07) is 13.4. The third-order valence-electron chi connectivity index (χ3n) is 6.17. The highest BCUT2D eigenvalue weighted by Gasteiger charge is 2.28. The van der Waals surface area contributed by atoms with Gasteiger partial charge in [-0.2, -0.15) is 0 Å². The van der Waals surface area contributed by atoms with Gasteiger partial charge >= 0.3 is 0 Å². The number of benzene rings is 2. The predicted octanol–water partition coefficient (Wildman–Crippen LogP) is 5.11. The molecule has 0 saturated heterocycles. The highest BCUT2D eigenvalue weighted by Crippen LogP contribution is 2.42. The number of fused-ring (bicyclic) bond motifs is 1. The first-order valence-electron chi connectivity index (χ1n) is 10.7. The molecule has 2 aliphatic rings. The summed E-state index contributed by atoms with van der Waals surface area (Å²) in [5, 5.41) is 3.20. The first kappa shape index (κ1) is 21.5. The lowest BCUT2D eigenvalue weighted by molar-refractivity contribution is -0.114. The Morgan fingerprint density at radius 3 is 2.74 bits per heavy atom. The minimum atomic E-state index is -0.0955. The van der Waals surface area contributed by atoms with Crippen LogP contribution in [-0.4, -0.2) is 32.0 Å². The summed E-state index contributed by atoms with van der Waals surface area (Å²) < 4.78 is 5.41. The van der Waals surface area contributed by atoms with Crippen molar-refractivity contribution in [1.29, 1.82) is 0 Å². The van der Waals surface area contributed by atoms with Gasteiger partial charge in [0.1, 0.15) is 5.75 Å². The van der Waals surface area contributed by atoms with Gasteiger partial charge in [-0.1, -0.05) is 49.7 Å². The Kier molecular flexibility index (Phi) is 6.37. The minimum absolute atomic E-state index is 0.0669. The second-order valence-corrected chi connectivity index (χ2v) is 9.32. The van der Waals surface area contributed by atoms with Crippen molar-refractivity contribution in [1.82, 2.24) is 5.32 Å². The topological polar surface area (TPSA) is 58.6 Å². The zero-order chi connectivity index (χ0) is 22.0. The second kappa shape index (κ2) is 9.18. The summed E-state index contributed by atoms with van der Waals surface area (Å²) in [6.07, 6.45) is 6.44. The van der Waals surface area contributed by atoms with Crippen molar-refractivity contribution in [3.8, 4) is 5.75 Å². The molecule has 2 atom stereocenters. The molecule has 5 nitrogen and oxygen atoms in total. The fraction of sp³-hybridized carbons (Fsp3) is 0.360. The highest BCUT2D eigenvalue weighted by molar-refractivity contribution is 8.04. The van der Waals surface area contributed by atoms with Crippen molar-refractivity contribution >= 4 is 35.3 Å². The zero-order valence-corrected chi connectivity index (χ0v) is 19.0. The number of carbonyl (C=O) groups is 2. The minimum Gasteiger partial charge on any atom is -0.496 e. The van der Waals surface area contributed by atoms with Gasteiger partial charge < -0.3 is 15.0 Å². The van der Waals surface area contributed by atoms with Crippen LogP contribution in [0, 0.1) is 5.92 Å². The summed E-state index contributed by atoms with van der Waals surface area (Å²) in [6.45, 7) is 2.20. The van der Waals surface area contributed by atoms with Crippen molar-refractivity contribution in [3.05, 3.63) is 58.5 Å². The van der Waals surface area contributed by atoms with E-state index in [0.717, 1.165) is 41.2 Å². The molecular weight excluding hydrogens is 408 g/mol. The Balaban J connectivity index is 1.57. The maximum atomic E-state index is 13.0. The average molecular weight is 437 g/mol. The highest BCUT2D eigenvalue weighted by atomic mass is 32.2. The number of nitrogens with one attached hydrogen (secondary N) is 1. The molecule has 1 aliphatic heterocycles. The predicted molar refractivity (Wildman–Crippen MR) is 126 cm³/mol. The lowest BCUT2D eigenvalue weighted by atomic mass is 9.86. The van der Waals surface area contributed by atoms with Crippen LogP contribution >= 0.6 is 11.8 Å². The summed E-state index contributed by atoms with van der Waals surface area (Å²) in [7, 11) is 3.37. The molecule has 2 aromatic rings. The second-order valence-electron chi connectivity index (χ2n) is 8.24. The average Bonchev–Trinajstić information content (AvgIpc) is 2.79. The zero-order valence-electron chi connectivity index (χ0n) is 18.2. The number of likely N-dealkylation sites (N-methyl/N-ethyl adjacent to an activating group) is 1.